The molecule has 0 radical (unpaired) electrons. The van der Waals surface area contributed by atoms with Crippen LogP contribution in [0.5, 0.6) is 5.75 Å². The van der Waals surface area contributed by atoms with Gasteiger partial charge in [0, 0.05) is 19.2 Å². The molecule has 1 heterocycles. The van der Waals surface area contributed by atoms with E-state index in [2.05, 4.69) is 12.2 Å². The number of carbonyl (C=O) groups is 1. The Labute approximate surface area is 118 Å². The van der Waals surface area contributed by atoms with E-state index in [0.29, 0.717) is 24.8 Å². The minimum atomic E-state index is -0.325. The van der Waals surface area contributed by atoms with Crippen LogP contribution in [0.3, 0.4) is 0 Å². The molecule has 1 saturated heterocycles. The predicted molar refractivity (Wildman–Crippen MR) is 75.3 cm³/mol. The molecule has 20 heavy (non-hydrogen) atoms. The van der Waals surface area contributed by atoms with Gasteiger partial charge in [0.25, 0.3) is 0 Å². The van der Waals surface area contributed by atoms with E-state index < -0.39 is 0 Å². The summed E-state index contributed by atoms with van der Waals surface area (Å²) < 4.78 is 18.3. The maximum absolute atomic E-state index is 12.9. The second-order valence-corrected chi connectivity index (χ2v) is 5.21. The Morgan fingerprint density at radius 3 is 2.90 bits per heavy atom. The highest BCUT2D eigenvalue weighted by Gasteiger charge is 2.19. The summed E-state index contributed by atoms with van der Waals surface area (Å²) in [5.74, 6) is 0.857. The Morgan fingerprint density at radius 2 is 2.20 bits per heavy atom. The molecular formula is C15H21FN2O2. The molecular weight excluding hydrogens is 259 g/mol. The lowest BCUT2D eigenvalue weighted by Crippen LogP contribution is -2.45. The van der Waals surface area contributed by atoms with Crippen molar-refractivity contribution in [3.05, 3.63) is 30.1 Å². The highest BCUT2D eigenvalue weighted by molar-refractivity contribution is 5.74. The summed E-state index contributed by atoms with van der Waals surface area (Å²) >= 11 is 0. The summed E-state index contributed by atoms with van der Waals surface area (Å²) in [5, 5.41) is 2.82. The van der Waals surface area contributed by atoms with Crippen molar-refractivity contribution in [3.63, 3.8) is 0 Å². The van der Waals surface area contributed by atoms with Gasteiger partial charge in [-0.25, -0.2) is 9.18 Å². The van der Waals surface area contributed by atoms with Gasteiger partial charge in [0.1, 0.15) is 18.2 Å². The zero-order valence-electron chi connectivity index (χ0n) is 11.8. The van der Waals surface area contributed by atoms with E-state index in [4.69, 9.17) is 4.74 Å². The lowest BCUT2D eigenvalue weighted by molar-refractivity contribution is 0.172. The Morgan fingerprint density at radius 1 is 1.45 bits per heavy atom. The maximum atomic E-state index is 12.9. The molecule has 1 N–H and O–H groups in total. The number of piperidine rings is 1. The third-order valence-corrected chi connectivity index (χ3v) is 3.51. The molecule has 0 aromatic heterocycles. The van der Waals surface area contributed by atoms with Gasteiger partial charge in [0.15, 0.2) is 0 Å². The van der Waals surface area contributed by atoms with Crippen LogP contribution in [0.1, 0.15) is 19.8 Å². The lowest BCUT2D eigenvalue weighted by Gasteiger charge is -2.30. The van der Waals surface area contributed by atoms with Gasteiger partial charge in [-0.1, -0.05) is 13.0 Å². The van der Waals surface area contributed by atoms with Crippen molar-refractivity contribution >= 4 is 6.03 Å². The number of amides is 2. The summed E-state index contributed by atoms with van der Waals surface area (Å²) in [5.41, 5.74) is 0. The van der Waals surface area contributed by atoms with E-state index >= 15 is 0 Å². The first-order chi connectivity index (χ1) is 9.65. The lowest BCUT2D eigenvalue weighted by atomic mass is 10.00. The molecule has 1 aliphatic rings. The normalized spacial score (nSPS) is 16.0. The van der Waals surface area contributed by atoms with E-state index in [9.17, 15) is 9.18 Å². The summed E-state index contributed by atoms with van der Waals surface area (Å²) in [6, 6.07) is 5.94. The minimum Gasteiger partial charge on any atom is -0.492 e. The Hall–Kier alpha value is -1.78. The second kappa shape index (κ2) is 7.12. The first-order valence-corrected chi connectivity index (χ1v) is 7.06. The van der Waals surface area contributed by atoms with Crippen LogP contribution in [-0.4, -0.2) is 37.2 Å². The maximum Gasteiger partial charge on any atom is 0.317 e. The molecule has 1 aliphatic heterocycles. The van der Waals surface area contributed by atoms with E-state index in [1.807, 2.05) is 4.90 Å². The number of nitrogens with one attached hydrogen (secondary N) is 1. The van der Waals surface area contributed by atoms with Crippen molar-refractivity contribution in [2.24, 2.45) is 5.92 Å². The van der Waals surface area contributed by atoms with E-state index in [-0.39, 0.29) is 11.8 Å². The molecule has 110 valence electrons. The van der Waals surface area contributed by atoms with Crippen LogP contribution in [0.15, 0.2) is 24.3 Å². The summed E-state index contributed by atoms with van der Waals surface area (Å²) in [6.45, 7) is 4.60. The van der Waals surface area contributed by atoms with Crippen LogP contribution in [0.25, 0.3) is 0 Å². The zero-order chi connectivity index (χ0) is 14.4. The molecule has 1 fully saturated rings. The number of carbonyl (C=O) groups excluding carboxylic acids is 1. The van der Waals surface area contributed by atoms with Crippen molar-refractivity contribution in [3.8, 4) is 5.75 Å². The van der Waals surface area contributed by atoms with Gasteiger partial charge in [-0.15, -0.1) is 0 Å². The van der Waals surface area contributed by atoms with Gasteiger partial charge in [-0.2, -0.15) is 0 Å². The summed E-state index contributed by atoms with van der Waals surface area (Å²) in [7, 11) is 0. The van der Waals surface area contributed by atoms with Crippen LogP contribution in [-0.2, 0) is 0 Å². The van der Waals surface area contributed by atoms with Gasteiger partial charge in [-0.3, -0.25) is 0 Å². The fourth-order valence-electron chi connectivity index (χ4n) is 2.21. The largest absolute Gasteiger partial charge is 0.492 e. The third kappa shape index (κ3) is 4.40. The predicted octanol–water partition coefficient (Wildman–Crippen LogP) is 2.65. The average Bonchev–Trinajstić information content (AvgIpc) is 2.44. The van der Waals surface area contributed by atoms with Gasteiger partial charge in [0.2, 0.25) is 0 Å². The van der Waals surface area contributed by atoms with Gasteiger partial charge >= 0.3 is 6.03 Å². The third-order valence-electron chi connectivity index (χ3n) is 3.51. The minimum absolute atomic E-state index is 0.0419. The monoisotopic (exact) mass is 280 g/mol. The Kier molecular flexibility index (Phi) is 5.21. The number of ether oxygens (including phenoxy) is 1. The van der Waals surface area contributed by atoms with Crippen LogP contribution < -0.4 is 10.1 Å². The SMILES string of the molecule is CC1CCN(C(=O)NCCOc2cccc(F)c2)CC1. The average molecular weight is 280 g/mol. The first kappa shape index (κ1) is 14.6. The molecule has 1 aromatic carbocycles. The molecule has 5 heteroatoms. The Bertz CT molecular complexity index is 445. The number of urea groups is 1. The van der Waals surface area contributed by atoms with Gasteiger partial charge < -0.3 is 15.0 Å². The van der Waals surface area contributed by atoms with Gasteiger partial charge in [-0.05, 0) is 30.9 Å². The zero-order valence-corrected chi connectivity index (χ0v) is 11.8. The molecule has 0 saturated carbocycles. The fraction of sp³-hybridized carbons (Fsp3) is 0.533. The highest BCUT2D eigenvalue weighted by Crippen LogP contribution is 2.15. The molecule has 2 rings (SSSR count). The summed E-state index contributed by atoms with van der Waals surface area (Å²) in [6.07, 6.45) is 2.13. The molecule has 2 amide bonds. The first-order valence-electron chi connectivity index (χ1n) is 7.06. The molecule has 0 bridgehead atoms. The second-order valence-electron chi connectivity index (χ2n) is 5.21. The van der Waals surface area contributed by atoms with Crippen LogP contribution in [0.4, 0.5) is 9.18 Å². The number of nitrogens with zero attached hydrogens (tertiary/aromatic N) is 1. The van der Waals surface area contributed by atoms with Crippen LogP contribution in [0, 0.1) is 11.7 Å². The highest BCUT2D eigenvalue weighted by atomic mass is 19.1. The van der Waals surface area contributed by atoms with Crippen molar-refractivity contribution in [1.82, 2.24) is 10.2 Å². The van der Waals surface area contributed by atoms with Crippen molar-refractivity contribution in [1.29, 1.82) is 0 Å². The molecule has 4 nitrogen and oxygen atoms in total. The van der Waals surface area contributed by atoms with Crippen molar-refractivity contribution < 1.29 is 13.9 Å². The Balaban J connectivity index is 1.64. The molecule has 0 unspecified atom stereocenters. The van der Waals surface area contributed by atoms with Gasteiger partial charge in [0.05, 0.1) is 6.54 Å². The number of benzene rings is 1. The van der Waals surface area contributed by atoms with Crippen LogP contribution >= 0.6 is 0 Å². The number of likely N-dealkylation sites (tertiary alicyclic amines) is 1. The number of hydrogen-bond donors (Lipinski definition) is 1. The standard InChI is InChI=1S/C15H21FN2O2/c1-12-5-8-18(9-6-12)15(19)17-7-10-20-14-4-2-3-13(16)11-14/h2-4,11-12H,5-10H2,1H3,(H,17,19). The van der Waals surface area contributed by atoms with Crippen molar-refractivity contribution in [2.45, 2.75) is 19.8 Å². The number of hydrogen-bond acceptors (Lipinski definition) is 2. The number of halogens is 1. The van der Waals surface area contributed by atoms with E-state index in [0.717, 1.165) is 25.9 Å². The van der Waals surface area contributed by atoms with Crippen LogP contribution in [0.2, 0.25) is 0 Å². The van der Waals surface area contributed by atoms with E-state index in [1.165, 1.54) is 12.1 Å². The molecule has 1 aromatic rings. The quantitative estimate of drug-likeness (QED) is 0.861. The van der Waals surface area contributed by atoms with E-state index in [1.54, 1.807) is 12.1 Å². The molecule has 0 aliphatic carbocycles. The number of rotatable bonds is 4. The topological polar surface area (TPSA) is 41.6 Å². The van der Waals surface area contributed by atoms with Crippen molar-refractivity contribution in [2.75, 3.05) is 26.2 Å². The smallest absolute Gasteiger partial charge is 0.317 e. The fourth-order valence-corrected chi connectivity index (χ4v) is 2.21. The molecule has 0 spiro atoms. The summed E-state index contributed by atoms with van der Waals surface area (Å²) in [4.78, 5) is 13.7. The molecule has 0 atom stereocenters.